The average Bonchev–Trinajstić information content (AvgIpc) is 2.54. The Morgan fingerprint density at radius 1 is 1.29 bits per heavy atom. The van der Waals surface area contributed by atoms with E-state index < -0.39 is 0 Å². The van der Waals surface area contributed by atoms with Gasteiger partial charge in [0.25, 0.3) is 0 Å². The molecule has 0 bridgehead atoms. The van der Waals surface area contributed by atoms with Crippen molar-refractivity contribution >= 4 is 34.2 Å². The predicted molar refractivity (Wildman–Crippen MR) is 101 cm³/mol. The SMILES string of the molecule is COc1cc(/C=C(/C#N)c2cccc(F)c2)cc(I)c1OC(C)C. The lowest BCUT2D eigenvalue weighted by atomic mass is 10.0. The van der Waals surface area contributed by atoms with Gasteiger partial charge in [-0.2, -0.15) is 5.26 Å². The molecule has 124 valence electrons. The second-order valence-corrected chi connectivity index (χ2v) is 6.54. The van der Waals surface area contributed by atoms with Gasteiger partial charge >= 0.3 is 0 Å². The molecular formula is C19H17FINO2. The first-order chi connectivity index (χ1) is 11.4. The van der Waals surface area contributed by atoms with Crippen LogP contribution in [0.15, 0.2) is 36.4 Å². The average molecular weight is 437 g/mol. The Morgan fingerprint density at radius 2 is 2.04 bits per heavy atom. The summed E-state index contributed by atoms with van der Waals surface area (Å²) >= 11 is 2.17. The Bertz CT molecular complexity index is 809. The van der Waals surface area contributed by atoms with Crippen LogP contribution in [-0.4, -0.2) is 13.2 Å². The van der Waals surface area contributed by atoms with Gasteiger partial charge in [-0.1, -0.05) is 12.1 Å². The highest BCUT2D eigenvalue weighted by Crippen LogP contribution is 2.35. The Kier molecular flexibility index (Phi) is 6.21. The van der Waals surface area contributed by atoms with Crippen molar-refractivity contribution in [2.24, 2.45) is 0 Å². The Morgan fingerprint density at radius 3 is 2.62 bits per heavy atom. The molecule has 0 fully saturated rings. The topological polar surface area (TPSA) is 42.2 Å². The molecule has 0 amide bonds. The number of ether oxygens (including phenoxy) is 2. The van der Waals surface area contributed by atoms with Crippen LogP contribution in [0.3, 0.4) is 0 Å². The third kappa shape index (κ3) is 4.48. The second-order valence-electron chi connectivity index (χ2n) is 5.38. The van der Waals surface area contributed by atoms with E-state index in [1.165, 1.54) is 12.1 Å². The lowest BCUT2D eigenvalue weighted by Crippen LogP contribution is -2.08. The van der Waals surface area contributed by atoms with Gasteiger partial charge in [0.05, 0.1) is 28.4 Å². The molecule has 0 radical (unpaired) electrons. The molecule has 0 aliphatic heterocycles. The summed E-state index contributed by atoms with van der Waals surface area (Å²) in [5, 5.41) is 9.40. The number of nitriles is 1. The Labute approximate surface area is 154 Å². The van der Waals surface area contributed by atoms with Crippen LogP contribution in [0.2, 0.25) is 0 Å². The second kappa shape index (κ2) is 8.15. The quantitative estimate of drug-likeness (QED) is 0.363. The molecular weight excluding hydrogens is 420 g/mol. The molecule has 3 nitrogen and oxygen atoms in total. The molecule has 0 aromatic heterocycles. The highest BCUT2D eigenvalue weighted by Gasteiger charge is 2.13. The minimum Gasteiger partial charge on any atom is -0.493 e. The first-order valence-corrected chi connectivity index (χ1v) is 8.44. The maximum atomic E-state index is 13.4. The molecule has 0 aliphatic rings. The van der Waals surface area contributed by atoms with Gasteiger partial charge in [0.1, 0.15) is 5.82 Å². The van der Waals surface area contributed by atoms with Crippen LogP contribution in [0.4, 0.5) is 4.39 Å². The summed E-state index contributed by atoms with van der Waals surface area (Å²) in [5.41, 5.74) is 1.70. The van der Waals surface area contributed by atoms with E-state index in [2.05, 4.69) is 28.7 Å². The van der Waals surface area contributed by atoms with Gasteiger partial charge in [0, 0.05) is 0 Å². The van der Waals surface area contributed by atoms with Crippen molar-refractivity contribution in [2.45, 2.75) is 20.0 Å². The number of benzene rings is 2. The summed E-state index contributed by atoms with van der Waals surface area (Å²) in [6.07, 6.45) is 1.73. The molecule has 0 saturated carbocycles. The third-order valence-electron chi connectivity index (χ3n) is 3.17. The zero-order valence-electron chi connectivity index (χ0n) is 13.6. The van der Waals surface area contributed by atoms with Crippen molar-refractivity contribution < 1.29 is 13.9 Å². The fourth-order valence-corrected chi connectivity index (χ4v) is 2.93. The van der Waals surface area contributed by atoms with E-state index in [1.54, 1.807) is 31.4 Å². The summed E-state index contributed by atoms with van der Waals surface area (Å²) < 4.78 is 25.5. The van der Waals surface area contributed by atoms with Gasteiger partial charge in [0.2, 0.25) is 0 Å². The third-order valence-corrected chi connectivity index (χ3v) is 3.97. The first kappa shape index (κ1) is 18.3. The van der Waals surface area contributed by atoms with Crippen LogP contribution < -0.4 is 9.47 Å². The van der Waals surface area contributed by atoms with Crippen LogP contribution in [0.5, 0.6) is 11.5 Å². The largest absolute Gasteiger partial charge is 0.493 e. The first-order valence-electron chi connectivity index (χ1n) is 7.36. The lowest BCUT2D eigenvalue weighted by molar-refractivity contribution is 0.228. The van der Waals surface area contributed by atoms with E-state index in [9.17, 15) is 9.65 Å². The minimum absolute atomic E-state index is 0.0239. The molecule has 2 aromatic carbocycles. The van der Waals surface area contributed by atoms with Crippen molar-refractivity contribution in [3.8, 4) is 17.6 Å². The molecule has 0 aliphatic carbocycles. The number of hydrogen-bond acceptors (Lipinski definition) is 3. The predicted octanol–water partition coefficient (Wildman–Crippen LogP) is 5.29. The fraction of sp³-hybridized carbons (Fsp3) is 0.211. The summed E-state index contributed by atoms with van der Waals surface area (Å²) in [7, 11) is 1.57. The maximum Gasteiger partial charge on any atom is 0.174 e. The van der Waals surface area contributed by atoms with Crippen LogP contribution in [-0.2, 0) is 0 Å². The van der Waals surface area contributed by atoms with Crippen LogP contribution in [0.1, 0.15) is 25.0 Å². The van der Waals surface area contributed by atoms with Gasteiger partial charge in [-0.25, -0.2) is 4.39 Å². The lowest BCUT2D eigenvalue weighted by Gasteiger charge is -2.16. The zero-order valence-corrected chi connectivity index (χ0v) is 15.8. The molecule has 0 heterocycles. The van der Waals surface area contributed by atoms with Crippen molar-refractivity contribution in [1.29, 1.82) is 5.26 Å². The van der Waals surface area contributed by atoms with Gasteiger partial charge in [0.15, 0.2) is 11.5 Å². The number of hydrogen-bond donors (Lipinski definition) is 0. The monoisotopic (exact) mass is 437 g/mol. The maximum absolute atomic E-state index is 13.4. The highest BCUT2D eigenvalue weighted by atomic mass is 127. The van der Waals surface area contributed by atoms with E-state index >= 15 is 0 Å². The van der Waals surface area contributed by atoms with Crippen LogP contribution in [0, 0.1) is 20.7 Å². The molecule has 2 rings (SSSR count). The Balaban J connectivity index is 2.48. The van der Waals surface area contributed by atoms with Crippen molar-refractivity contribution in [3.63, 3.8) is 0 Å². The fourth-order valence-electron chi connectivity index (χ4n) is 2.18. The van der Waals surface area contributed by atoms with Gasteiger partial charge in [-0.3, -0.25) is 0 Å². The molecule has 2 aromatic rings. The standard InChI is InChI=1S/C19H17FINO2/c1-12(2)24-19-17(21)8-13(9-18(19)23-3)7-15(11-22)14-5-4-6-16(20)10-14/h4-10,12H,1-3H3/b15-7-. The molecule has 0 N–H and O–H groups in total. The Hall–Kier alpha value is -2.07. The summed E-state index contributed by atoms with van der Waals surface area (Å²) in [4.78, 5) is 0. The van der Waals surface area contributed by atoms with E-state index in [0.29, 0.717) is 22.6 Å². The minimum atomic E-state index is -0.374. The van der Waals surface area contributed by atoms with Crippen molar-refractivity contribution in [1.82, 2.24) is 0 Å². The molecule has 24 heavy (non-hydrogen) atoms. The van der Waals surface area contributed by atoms with Crippen molar-refractivity contribution in [3.05, 3.63) is 56.9 Å². The number of methoxy groups -OCH3 is 1. The van der Waals surface area contributed by atoms with Crippen LogP contribution >= 0.6 is 22.6 Å². The van der Waals surface area contributed by atoms with E-state index in [0.717, 1.165) is 9.13 Å². The smallest absolute Gasteiger partial charge is 0.174 e. The van der Waals surface area contributed by atoms with Gasteiger partial charge in [-0.05, 0) is 77.9 Å². The molecule has 5 heteroatoms. The van der Waals surface area contributed by atoms with Crippen LogP contribution in [0.25, 0.3) is 11.6 Å². The highest BCUT2D eigenvalue weighted by molar-refractivity contribution is 14.1. The molecule has 0 atom stereocenters. The number of rotatable bonds is 5. The van der Waals surface area contributed by atoms with E-state index in [-0.39, 0.29) is 11.9 Å². The summed E-state index contributed by atoms with van der Waals surface area (Å²) in [6.45, 7) is 3.89. The molecule has 0 unspecified atom stereocenters. The molecule has 0 spiro atoms. The number of nitrogens with zero attached hydrogens (tertiary/aromatic N) is 1. The summed E-state index contributed by atoms with van der Waals surface area (Å²) in [6, 6.07) is 11.8. The van der Waals surface area contributed by atoms with Crippen molar-refractivity contribution in [2.75, 3.05) is 7.11 Å². The number of halogens is 2. The number of allylic oxidation sites excluding steroid dienone is 1. The van der Waals surface area contributed by atoms with Gasteiger partial charge < -0.3 is 9.47 Å². The zero-order chi connectivity index (χ0) is 17.7. The van der Waals surface area contributed by atoms with Gasteiger partial charge in [-0.15, -0.1) is 0 Å². The van der Waals surface area contributed by atoms with E-state index in [1.807, 2.05) is 19.9 Å². The summed E-state index contributed by atoms with van der Waals surface area (Å²) in [5.74, 6) is 0.898. The van der Waals surface area contributed by atoms with E-state index in [4.69, 9.17) is 9.47 Å². The normalized spacial score (nSPS) is 11.3. The molecule has 0 saturated heterocycles.